The number of pyridine rings is 1. The Morgan fingerprint density at radius 1 is 1.00 bits per heavy atom. The van der Waals surface area contributed by atoms with Gasteiger partial charge in [0, 0.05) is 38.9 Å². The van der Waals surface area contributed by atoms with E-state index in [4.69, 9.17) is 0 Å². The summed E-state index contributed by atoms with van der Waals surface area (Å²) >= 11 is 0. The maximum atomic E-state index is 12.5. The lowest BCUT2D eigenvalue weighted by molar-refractivity contribution is 0.194. The topological polar surface area (TPSA) is 79.2 Å². The smallest absolute Gasteiger partial charge is 0.317 e. The van der Waals surface area contributed by atoms with Crippen molar-refractivity contribution in [2.24, 2.45) is 0 Å². The number of nitrogens with one attached hydrogen (secondary N) is 1. The first-order valence-corrected chi connectivity index (χ1v) is 9.37. The Labute approximate surface area is 163 Å². The van der Waals surface area contributed by atoms with E-state index in [1.54, 1.807) is 17.2 Å². The molecule has 2 aromatic heterocycles. The SMILES string of the molecule is O=C(NCc1ccc(Cn2cncn2)cc1)N1CCN(c2ccccn2)CC1. The van der Waals surface area contributed by atoms with E-state index in [-0.39, 0.29) is 6.03 Å². The average molecular weight is 377 g/mol. The first kappa shape index (κ1) is 18.0. The van der Waals surface area contributed by atoms with Gasteiger partial charge in [0.05, 0.1) is 6.54 Å². The molecule has 1 saturated heterocycles. The van der Waals surface area contributed by atoms with Gasteiger partial charge in [0.2, 0.25) is 0 Å². The van der Waals surface area contributed by atoms with Gasteiger partial charge in [0.1, 0.15) is 18.5 Å². The van der Waals surface area contributed by atoms with Gasteiger partial charge in [-0.25, -0.2) is 19.4 Å². The molecule has 0 saturated carbocycles. The maximum absolute atomic E-state index is 12.5. The van der Waals surface area contributed by atoms with Crippen molar-refractivity contribution in [2.75, 3.05) is 31.1 Å². The van der Waals surface area contributed by atoms with E-state index in [9.17, 15) is 4.79 Å². The number of aromatic nitrogens is 4. The standard InChI is InChI=1S/C20H23N7O/c28-20(26-11-9-25(10-12-26)19-3-1-2-8-22-19)23-13-17-4-6-18(7-5-17)14-27-16-21-15-24-27/h1-8,15-16H,9-14H2,(H,23,28). The van der Waals surface area contributed by atoms with Gasteiger partial charge in [-0.3, -0.25) is 0 Å². The molecule has 8 nitrogen and oxygen atoms in total. The molecule has 0 unspecified atom stereocenters. The van der Waals surface area contributed by atoms with Crippen LogP contribution in [0.2, 0.25) is 0 Å². The van der Waals surface area contributed by atoms with Crippen LogP contribution in [0.5, 0.6) is 0 Å². The van der Waals surface area contributed by atoms with Gasteiger partial charge in [-0.2, -0.15) is 5.10 Å². The quantitative estimate of drug-likeness (QED) is 0.733. The number of carbonyl (C=O) groups excluding carboxylic acids is 1. The zero-order valence-electron chi connectivity index (χ0n) is 15.6. The van der Waals surface area contributed by atoms with Gasteiger partial charge in [0.15, 0.2) is 0 Å². The van der Waals surface area contributed by atoms with Crippen molar-refractivity contribution in [3.8, 4) is 0 Å². The molecule has 8 heteroatoms. The molecule has 1 aromatic carbocycles. The Hall–Kier alpha value is -3.42. The van der Waals surface area contributed by atoms with E-state index < -0.39 is 0 Å². The van der Waals surface area contributed by atoms with Gasteiger partial charge in [-0.1, -0.05) is 30.3 Å². The van der Waals surface area contributed by atoms with E-state index in [2.05, 4.69) is 37.4 Å². The van der Waals surface area contributed by atoms with Crippen LogP contribution in [0.3, 0.4) is 0 Å². The zero-order chi connectivity index (χ0) is 19.2. The predicted octanol–water partition coefficient (Wildman–Crippen LogP) is 1.75. The molecule has 2 amide bonds. The molecule has 0 aliphatic carbocycles. The van der Waals surface area contributed by atoms with Crippen molar-refractivity contribution in [3.63, 3.8) is 0 Å². The van der Waals surface area contributed by atoms with Crippen molar-refractivity contribution in [1.29, 1.82) is 0 Å². The summed E-state index contributed by atoms with van der Waals surface area (Å²) in [5.41, 5.74) is 2.22. The molecule has 3 heterocycles. The van der Waals surface area contributed by atoms with Gasteiger partial charge < -0.3 is 15.1 Å². The molecule has 3 aromatic rings. The van der Waals surface area contributed by atoms with Crippen LogP contribution in [-0.4, -0.2) is 56.9 Å². The van der Waals surface area contributed by atoms with Crippen molar-refractivity contribution in [2.45, 2.75) is 13.1 Å². The third-order valence-electron chi connectivity index (χ3n) is 4.82. The second-order valence-corrected chi connectivity index (χ2v) is 6.73. The lowest BCUT2D eigenvalue weighted by Gasteiger charge is -2.35. The van der Waals surface area contributed by atoms with Gasteiger partial charge in [-0.05, 0) is 23.3 Å². The molecule has 0 spiro atoms. The minimum Gasteiger partial charge on any atom is -0.353 e. The summed E-state index contributed by atoms with van der Waals surface area (Å²) in [6, 6.07) is 14.0. The Kier molecular flexibility index (Phi) is 5.46. The third-order valence-corrected chi connectivity index (χ3v) is 4.82. The molecule has 1 aliphatic rings. The highest BCUT2D eigenvalue weighted by Crippen LogP contribution is 2.12. The number of urea groups is 1. The maximum Gasteiger partial charge on any atom is 0.317 e. The van der Waals surface area contributed by atoms with Gasteiger partial charge in [0.25, 0.3) is 0 Å². The summed E-state index contributed by atoms with van der Waals surface area (Å²) in [6.45, 7) is 4.18. The fourth-order valence-corrected chi connectivity index (χ4v) is 3.23. The number of benzene rings is 1. The van der Waals surface area contributed by atoms with Crippen LogP contribution in [0.1, 0.15) is 11.1 Å². The number of anilines is 1. The molecule has 1 N–H and O–H groups in total. The van der Waals surface area contributed by atoms with Crippen LogP contribution >= 0.6 is 0 Å². The minimum absolute atomic E-state index is 0.0210. The summed E-state index contributed by atoms with van der Waals surface area (Å²) in [4.78, 5) is 24.8. The van der Waals surface area contributed by atoms with E-state index in [1.165, 1.54) is 6.33 Å². The number of hydrogen-bond acceptors (Lipinski definition) is 5. The summed E-state index contributed by atoms with van der Waals surface area (Å²) in [6.07, 6.45) is 5.02. The van der Waals surface area contributed by atoms with Crippen molar-refractivity contribution < 1.29 is 4.79 Å². The van der Waals surface area contributed by atoms with Crippen LogP contribution in [-0.2, 0) is 13.1 Å². The summed E-state index contributed by atoms with van der Waals surface area (Å²) in [5.74, 6) is 0.966. The number of rotatable bonds is 5. The van der Waals surface area contributed by atoms with E-state index in [1.807, 2.05) is 35.2 Å². The molecule has 0 bridgehead atoms. The second-order valence-electron chi connectivity index (χ2n) is 6.73. The number of nitrogens with zero attached hydrogens (tertiary/aromatic N) is 6. The van der Waals surface area contributed by atoms with E-state index >= 15 is 0 Å². The van der Waals surface area contributed by atoms with Crippen LogP contribution < -0.4 is 10.2 Å². The highest BCUT2D eigenvalue weighted by Gasteiger charge is 2.21. The molecular weight excluding hydrogens is 354 g/mol. The Balaban J connectivity index is 1.23. The Morgan fingerprint density at radius 2 is 1.79 bits per heavy atom. The lowest BCUT2D eigenvalue weighted by atomic mass is 10.1. The fraction of sp³-hybridized carbons (Fsp3) is 0.300. The van der Waals surface area contributed by atoms with Gasteiger partial charge >= 0.3 is 6.03 Å². The molecule has 1 aliphatic heterocycles. The minimum atomic E-state index is -0.0210. The molecule has 1 fully saturated rings. The summed E-state index contributed by atoms with van der Waals surface area (Å²) in [5, 5.41) is 7.12. The van der Waals surface area contributed by atoms with Crippen LogP contribution in [0.4, 0.5) is 10.6 Å². The van der Waals surface area contributed by atoms with Crippen LogP contribution in [0.25, 0.3) is 0 Å². The average Bonchev–Trinajstić information content (AvgIpc) is 3.27. The molecular formula is C20H23N7O. The van der Waals surface area contributed by atoms with Crippen LogP contribution in [0.15, 0.2) is 61.3 Å². The zero-order valence-corrected chi connectivity index (χ0v) is 15.6. The van der Waals surface area contributed by atoms with Crippen molar-refractivity contribution >= 4 is 11.8 Å². The molecule has 28 heavy (non-hydrogen) atoms. The van der Waals surface area contributed by atoms with Crippen molar-refractivity contribution in [1.82, 2.24) is 30.0 Å². The highest BCUT2D eigenvalue weighted by molar-refractivity contribution is 5.74. The first-order chi connectivity index (χ1) is 13.8. The second kappa shape index (κ2) is 8.51. The normalized spacial score (nSPS) is 14.1. The number of amides is 2. The molecule has 0 atom stereocenters. The molecule has 144 valence electrons. The number of piperazine rings is 1. The number of hydrogen-bond donors (Lipinski definition) is 1. The largest absolute Gasteiger partial charge is 0.353 e. The summed E-state index contributed by atoms with van der Waals surface area (Å²) in [7, 11) is 0. The van der Waals surface area contributed by atoms with Crippen LogP contribution in [0, 0.1) is 0 Å². The molecule has 4 rings (SSSR count). The summed E-state index contributed by atoms with van der Waals surface area (Å²) < 4.78 is 1.78. The van der Waals surface area contributed by atoms with Gasteiger partial charge in [-0.15, -0.1) is 0 Å². The predicted molar refractivity (Wildman–Crippen MR) is 106 cm³/mol. The Bertz CT molecular complexity index is 873. The highest BCUT2D eigenvalue weighted by atomic mass is 16.2. The van der Waals surface area contributed by atoms with Crippen molar-refractivity contribution in [3.05, 3.63) is 72.4 Å². The fourth-order valence-electron chi connectivity index (χ4n) is 3.23. The van der Waals surface area contributed by atoms with E-state index in [0.29, 0.717) is 26.2 Å². The van der Waals surface area contributed by atoms with E-state index in [0.717, 1.165) is 30.0 Å². The lowest BCUT2D eigenvalue weighted by Crippen LogP contribution is -2.51. The third kappa shape index (κ3) is 4.46. The monoisotopic (exact) mass is 377 g/mol. The number of carbonyl (C=O) groups is 1. The first-order valence-electron chi connectivity index (χ1n) is 9.37. The molecule has 0 radical (unpaired) electrons. The Morgan fingerprint density at radius 3 is 2.46 bits per heavy atom.